The van der Waals surface area contributed by atoms with Crippen LogP contribution in [0.2, 0.25) is 0 Å². The molecule has 0 aliphatic rings. The molecule has 1 unspecified atom stereocenters. The molecule has 0 aliphatic carbocycles. The highest BCUT2D eigenvalue weighted by atomic mass is 16.6. The van der Waals surface area contributed by atoms with Crippen LogP contribution in [-0.2, 0) is 9.53 Å². The Morgan fingerprint density at radius 1 is 1.55 bits per heavy atom. The van der Waals surface area contributed by atoms with Crippen LogP contribution in [0.4, 0.5) is 11.4 Å². The van der Waals surface area contributed by atoms with Crippen molar-refractivity contribution in [3.63, 3.8) is 0 Å². The van der Waals surface area contributed by atoms with Gasteiger partial charge in [-0.3, -0.25) is 10.1 Å². The molecule has 0 heterocycles. The Labute approximate surface area is 115 Å². The van der Waals surface area contributed by atoms with Gasteiger partial charge in [-0.25, -0.2) is 4.79 Å². The Morgan fingerprint density at radius 2 is 2.25 bits per heavy atom. The number of carbonyl (C=O) groups is 1. The Balaban J connectivity index is 2.99. The molecule has 2 N–H and O–H groups in total. The lowest BCUT2D eigenvalue weighted by atomic mass is 10.2. The van der Waals surface area contributed by atoms with E-state index in [4.69, 9.17) is 9.84 Å². The third kappa shape index (κ3) is 3.82. The highest BCUT2D eigenvalue weighted by Crippen LogP contribution is 2.30. The molecule has 0 bridgehead atoms. The number of nitro benzene ring substituents is 1. The number of benzene rings is 1. The second-order valence-electron chi connectivity index (χ2n) is 3.78. The van der Waals surface area contributed by atoms with Gasteiger partial charge >= 0.3 is 11.7 Å². The Morgan fingerprint density at radius 3 is 2.75 bits per heavy atom. The number of aliphatic hydroxyl groups excluding tert-OH is 1. The van der Waals surface area contributed by atoms with Crippen LogP contribution in [-0.4, -0.2) is 42.4 Å². The fourth-order valence-corrected chi connectivity index (χ4v) is 1.55. The summed E-state index contributed by atoms with van der Waals surface area (Å²) in [6.07, 6.45) is 0. The first-order valence-corrected chi connectivity index (χ1v) is 5.90. The highest BCUT2D eigenvalue weighted by Gasteiger charge is 2.20. The molecule has 1 atom stereocenters. The molecule has 0 spiro atoms. The van der Waals surface area contributed by atoms with E-state index in [9.17, 15) is 14.9 Å². The van der Waals surface area contributed by atoms with Gasteiger partial charge in [-0.15, -0.1) is 0 Å². The maximum atomic E-state index is 11.3. The number of nitrogens with one attached hydrogen (secondary N) is 1. The minimum absolute atomic E-state index is 0.0871. The first-order chi connectivity index (χ1) is 9.53. The second kappa shape index (κ2) is 7.29. The molecule has 20 heavy (non-hydrogen) atoms. The summed E-state index contributed by atoms with van der Waals surface area (Å²) in [4.78, 5) is 21.6. The van der Waals surface area contributed by atoms with Gasteiger partial charge in [0.05, 0.1) is 25.2 Å². The van der Waals surface area contributed by atoms with Crippen LogP contribution in [0.3, 0.4) is 0 Å². The molecule has 1 aromatic rings. The number of aliphatic hydroxyl groups is 1. The number of nitrogens with zero attached hydrogens (tertiary/aromatic N) is 1. The van der Waals surface area contributed by atoms with Crippen LogP contribution in [0.1, 0.15) is 6.92 Å². The lowest BCUT2D eigenvalue weighted by molar-refractivity contribution is -0.385. The minimum atomic E-state index is -0.948. The van der Waals surface area contributed by atoms with E-state index < -0.39 is 23.5 Å². The number of carbonyl (C=O) groups excluding carboxylic acids is 1. The number of nitro groups is 1. The van der Waals surface area contributed by atoms with E-state index in [1.165, 1.54) is 25.3 Å². The standard InChI is InChI=1S/C12H16N2O6/c1-3-20-11-6-8(4-5-10(11)14(17)18)13-9(7-15)12(16)19-2/h4-6,9,13,15H,3,7H2,1-2H3. The van der Waals surface area contributed by atoms with Crippen LogP contribution < -0.4 is 10.1 Å². The molecule has 0 saturated heterocycles. The van der Waals surface area contributed by atoms with Gasteiger partial charge in [-0.05, 0) is 13.0 Å². The normalized spacial score (nSPS) is 11.6. The van der Waals surface area contributed by atoms with E-state index in [0.29, 0.717) is 5.69 Å². The van der Waals surface area contributed by atoms with E-state index in [1.807, 2.05) is 0 Å². The van der Waals surface area contributed by atoms with Crippen molar-refractivity contribution in [3.8, 4) is 5.75 Å². The quantitative estimate of drug-likeness (QED) is 0.435. The van der Waals surface area contributed by atoms with Gasteiger partial charge in [0.25, 0.3) is 0 Å². The maximum Gasteiger partial charge on any atom is 0.330 e. The molecule has 1 rings (SSSR count). The summed E-state index contributed by atoms with van der Waals surface area (Å²) in [6.45, 7) is 1.51. The number of esters is 1. The van der Waals surface area contributed by atoms with Crippen LogP contribution in [0, 0.1) is 10.1 Å². The summed E-state index contributed by atoms with van der Waals surface area (Å²) in [5, 5.41) is 22.7. The first kappa shape index (κ1) is 15.7. The molecule has 110 valence electrons. The summed E-state index contributed by atoms with van der Waals surface area (Å²) in [7, 11) is 1.20. The third-order valence-corrected chi connectivity index (χ3v) is 2.47. The first-order valence-electron chi connectivity index (χ1n) is 5.90. The Kier molecular flexibility index (Phi) is 5.73. The van der Waals surface area contributed by atoms with Crippen molar-refractivity contribution < 1.29 is 24.3 Å². The summed E-state index contributed by atoms with van der Waals surface area (Å²) >= 11 is 0. The predicted molar refractivity (Wildman–Crippen MR) is 70.8 cm³/mol. The van der Waals surface area contributed by atoms with Gasteiger partial charge < -0.3 is 19.9 Å². The number of hydrogen-bond donors (Lipinski definition) is 2. The molecule has 0 amide bonds. The van der Waals surface area contributed by atoms with Crippen molar-refractivity contribution in [2.24, 2.45) is 0 Å². The molecular formula is C12H16N2O6. The van der Waals surface area contributed by atoms with Crippen molar-refractivity contribution in [2.45, 2.75) is 13.0 Å². The highest BCUT2D eigenvalue weighted by molar-refractivity contribution is 5.79. The van der Waals surface area contributed by atoms with Gasteiger partial charge in [0, 0.05) is 17.8 Å². The molecule has 1 aromatic carbocycles. The zero-order chi connectivity index (χ0) is 15.1. The van der Waals surface area contributed by atoms with E-state index >= 15 is 0 Å². The van der Waals surface area contributed by atoms with Crippen molar-refractivity contribution in [3.05, 3.63) is 28.3 Å². The fourth-order valence-electron chi connectivity index (χ4n) is 1.55. The van der Waals surface area contributed by atoms with E-state index in [1.54, 1.807) is 6.92 Å². The van der Waals surface area contributed by atoms with Gasteiger partial charge in [0.2, 0.25) is 0 Å². The number of hydrogen-bond acceptors (Lipinski definition) is 7. The molecule has 0 aromatic heterocycles. The van der Waals surface area contributed by atoms with E-state index in [0.717, 1.165) is 0 Å². The van der Waals surface area contributed by atoms with Crippen LogP contribution in [0.25, 0.3) is 0 Å². The van der Waals surface area contributed by atoms with Crippen molar-refractivity contribution in [1.82, 2.24) is 0 Å². The van der Waals surface area contributed by atoms with Gasteiger partial charge in [0.1, 0.15) is 6.04 Å². The average molecular weight is 284 g/mol. The zero-order valence-corrected chi connectivity index (χ0v) is 11.2. The molecule has 0 radical (unpaired) electrons. The van der Waals surface area contributed by atoms with Crippen LogP contribution in [0.15, 0.2) is 18.2 Å². The number of rotatable bonds is 7. The smallest absolute Gasteiger partial charge is 0.330 e. The topological polar surface area (TPSA) is 111 Å². The lowest BCUT2D eigenvalue weighted by Crippen LogP contribution is -2.34. The molecular weight excluding hydrogens is 268 g/mol. The van der Waals surface area contributed by atoms with E-state index in [-0.39, 0.29) is 18.0 Å². The predicted octanol–water partition coefficient (Wildman–Crippen LogP) is 0.939. The number of ether oxygens (including phenoxy) is 2. The third-order valence-electron chi connectivity index (χ3n) is 2.47. The second-order valence-corrected chi connectivity index (χ2v) is 3.78. The molecule has 0 saturated carbocycles. The summed E-state index contributed by atoms with van der Waals surface area (Å²) in [6, 6.07) is 3.13. The Bertz CT molecular complexity index is 491. The molecule has 8 heteroatoms. The number of methoxy groups -OCH3 is 1. The van der Waals surface area contributed by atoms with Crippen molar-refractivity contribution in [2.75, 3.05) is 25.6 Å². The zero-order valence-electron chi connectivity index (χ0n) is 11.2. The summed E-state index contributed by atoms with van der Waals surface area (Å²) in [5.74, 6) is -0.548. The van der Waals surface area contributed by atoms with E-state index in [2.05, 4.69) is 10.1 Å². The van der Waals surface area contributed by atoms with Crippen molar-refractivity contribution >= 4 is 17.3 Å². The SMILES string of the molecule is CCOc1cc(NC(CO)C(=O)OC)ccc1[N+](=O)[O-]. The average Bonchev–Trinajstić information content (AvgIpc) is 2.44. The largest absolute Gasteiger partial charge is 0.487 e. The fraction of sp³-hybridized carbons (Fsp3) is 0.417. The van der Waals surface area contributed by atoms with Crippen LogP contribution >= 0.6 is 0 Å². The van der Waals surface area contributed by atoms with Crippen LogP contribution in [0.5, 0.6) is 5.75 Å². The molecule has 0 aliphatic heterocycles. The molecule has 8 nitrogen and oxygen atoms in total. The van der Waals surface area contributed by atoms with Gasteiger partial charge in [-0.1, -0.05) is 0 Å². The summed E-state index contributed by atoms with van der Waals surface area (Å²) in [5.41, 5.74) is 0.236. The molecule has 0 fully saturated rings. The summed E-state index contributed by atoms with van der Waals surface area (Å²) < 4.78 is 9.69. The maximum absolute atomic E-state index is 11.3. The lowest BCUT2D eigenvalue weighted by Gasteiger charge is -2.15. The Hall–Kier alpha value is -2.35. The van der Waals surface area contributed by atoms with Gasteiger partial charge in [0.15, 0.2) is 5.75 Å². The monoisotopic (exact) mass is 284 g/mol. The minimum Gasteiger partial charge on any atom is -0.487 e. The number of anilines is 1. The van der Waals surface area contributed by atoms with Gasteiger partial charge in [-0.2, -0.15) is 0 Å². The van der Waals surface area contributed by atoms with Crippen molar-refractivity contribution in [1.29, 1.82) is 0 Å².